The van der Waals surface area contributed by atoms with Gasteiger partial charge in [0, 0.05) is 19.0 Å². The number of hydrogen-bond donors (Lipinski definition) is 2. The van der Waals surface area contributed by atoms with Crippen molar-refractivity contribution in [2.75, 3.05) is 13.2 Å². The molecule has 0 aliphatic rings. The number of carbonyl (C=O) groups is 1. The molecule has 4 heteroatoms. The summed E-state index contributed by atoms with van der Waals surface area (Å²) >= 11 is 0. The zero-order valence-corrected chi connectivity index (χ0v) is 11.1. The van der Waals surface area contributed by atoms with Crippen LogP contribution in [0.5, 0.6) is 5.75 Å². The number of nitrogens with two attached hydrogens (primary N) is 1. The molecule has 0 fully saturated rings. The van der Waals surface area contributed by atoms with Crippen molar-refractivity contribution in [3.05, 3.63) is 29.8 Å². The van der Waals surface area contributed by atoms with Gasteiger partial charge in [-0.2, -0.15) is 0 Å². The van der Waals surface area contributed by atoms with Crippen LogP contribution < -0.4 is 15.8 Å². The Labute approximate surface area is 109 Å². The molecule has 0 spiro atoms. The fourth-order valence-corrected chi connectivity index (χ4v) is 1.60. The zero-order chi connectivity index (χ0) is 13.4. The maximum absolute atomic E-state index is 10.6. The molecule has 0 aliphatic carbocycles. The molecule has 1 aromatic carbocycles. The Morgan fingerprint density at radius 1 is 1.39 bits per heavy atom. The number of nitrogens with one attached hydrogen (secondary N) is 1. The van der Waals surface area contributed by atoms with E-state index in [0.29, 0.717) is 13.0 Å². The second-order valence-electron chi connectivity index (χ2n) is 4.31. The molecule has 0 aromatic heterocycles. The lowest BCUT2D eigenvalue weighted by Gasteiger charge is -2.14. The van der Waals surface area contributed by atoms with Crippen LogP contribution >= 0.6 is 0 Å². The molecule has 4 nitrogen and oxygen atoms in total. The van der Waals surface area contributed by atoms with Gasteiger partial charge in [-0.15, -0.1) is 0 Å². The number of rotatable bonds is 8. The second kappa shape index (κ2) is 7.71. The molecule has 1 atom stereocenters. The predicted molar refractivity (Wildman–Crippen MR) is 72.5 cm³/mol. The van der Waals surface area contributed by atoms with Gasteiger partial charge in [-0.25, -0.2) is 0 Å². The molecule has 18 heavy (non-hydrogen) atoms. The number of ether oxygens (including phenoxy) is 1. The molecular formula is C14H22N2O2. The van der Waals surface area contributed by atoms with Crippen molar-refractivity contribution in [2.45, 2.75) is 32.7 Å². The molecule has 0 aliphatic heterocycles. The van der Waals surface area contributed by atoms with E-state index in [2.05, 4.69) is 19.2 Å². The SMILES string of the molecule is CCCOc1ccc(C(C)NCCC(N)=O)cc1. The van der Waals surface area contributed by atoms with Crippen LogP contribution in [-0.4, -0.2) is 19.1 Å². The quantitative estimate of drug-likeness (QED) is 0.741. The maximum atomic E-state index is 10.6. The van der Waals surface area contributed by atoms with E-state index >= 15 is 0 Å². The molecule has 0 bridgehead atoms. The summed E-state index contributed by atoms with van der Waals surface area (Å²) in [6.45, 7) is 5.48. The fourth-order valence-electron chi connectivity index (χ4n) is 1.60. The molecular weight excluding hydrogens is 228 g/mol. The van der Waals surface area contributed by atoms with Crippen molar-refractivity contribution in [2.24, 2.45) is 5.73 Å². The molecule has 0 saturated heterocycles. The summed E-state index contributed by atoms with van der Waals surface area (Å²) < 4.78 is 5.52. The van der Waals surface area contributed by atoms with Gasteiger partial charge in [-0.3, -0.25) is 4.79 Å². The van der Waals surface area contributed by atoms with Crippen molar-refractivity contribution in [3.8, 4) is 5.75 Å². The molecule has 1 rings (SSSR count). The number of hydrogen-bond acceptors (Lipinski definition) is 3. The van der Waals surface area contributed by atoms with Crippen LogP contribution in [0, 0.1) is 0 Å². The van der Waals surface area contributed by atoms with E-state index in [4.69, 9.17) is 10.5 Å². The van der Waals surface area contributed by atoms with Crippen LogP contribution in [0.25, 0.3) is 0 Å². The minimum atomic E-state index is -0.280. The molecule has 0 saturated carbocycles. The summed E-state index contributed by atoms with van der Waals surface area (Å²) in [4.78, 5) is 10.6. The lowest BCUT2D eigenvalue weighted by atomic mass is 10.1. The zero-order valence-electron chi connectivity index (χ0n) is 11.1. The first-order valence-electron chi connectivity index (χ1n) is 6.38. The van der Waals surface area contributed by atoms with Crippen molar-refractivity contribution in [1.82, 2.24) is 5.32 Å². The third-order valence-corrected chi connectivity index (χ3v) is 2.67. The Kier molecular flexibility index (Phi) is 6.22. The lowest BCUT2D eigenvalue weighted by Crippen LogP contribution is -2.24. The van der Waals surface area contributed by atoms with E-state index in [1.54, 1.807) is 0 Å². The Hall–Kier alpha value is -1.55. The van der Waals surface area contributed by atoms with Gasteiger partial charge in [-0.05, 0) is 31.0 Å². The number of amides is 1. The van der Waals surface area contributed by atoms with Crippen LogP contribution in [0.2, 0.25) is 0 Å². The van der Waals surface area contributed by atoms with Crippen LogP contribution in [0.4, 0.5) is 0 Å². The van der Waals surface area contributed by atoms with Gasteiger partial charge in [-0.1, -0.05) is 19.1 Å². The van der Waals surface area contributed by atoms with E-state index in [9.17, 15) is 4.79 Å². The van der Waals surface area contributed by atoms with Crippen LogP contribution in [0.1, 0.15) is 38.3 Å². The fraction of sp³-hybridized carbons (Fsp3) is 0.500. The van der Waals surface area contributed by atoms with Gasteiger partial charge in [0.15, 0.2) is 0 Å². The first-order chi connectivity index (χ1) is 8.63. The highest BCUT2D eigenvalue weighted by Gasteiger charge is 2.05. The van der Waals surface area contributed by atoms with Gasteiger partial charge >= 0.3 is 0 Å². The summed E-state index contributed by atoms with van der Waals surface area (Å²) in [5, 5.41) is 3.25. The average molecular weight is 250 g/mol. The molecule has 1 aromatic rings. The maximum Gasteiger partial charge on any atom is 0.218 e. The van der Waals surface area contributed by atoms with E-state index in [-0.39, 0.29) is 11.9 Å². The molecule has 1 amide bonds. The van der Waals surface area contributed by atoms with Gasteiger partial charge in [0.2, 0.25) is 5.91 Å². The van der Waals surface area contributed by atoms with Gasteiger partial charge in [0.25, 0.3) is 0 Å². The number of primary amides is 1. The standard InChI is InChI=1S/C14H22N2O2/c1-3-10-18-13-6-4-12(5-7-13)11(2)16-9-8-14(15)17/h4-7,11,16H,3,8-10H2,1-2H3,(H2,15,17). The second-order valence-corrected chi connectivity index (χ2v) is 4.31. The highest BCUT2D eigenvalue weighted by Crippen LogP contribution is 2.17. The Balaban J connectivity index is 2.43. The Morgan fingerprint density at radius 3 is 2.61 bits per heavy atom. The third-order valence-electron chi connectivity index (χ3n) is 2.67. The predicted octanol–water partition coefficient (Wildman–Crippen LogP) is 2.00. The molecule has 0 heterocycles. The smallest absolute Gasteiger partial charge is 0.218 e. The summed E-state index contributed by atoms with van der Waals surface area (Å²) in [5.41, 5.74) is 6.26. The van der Waals surface area contributed by atoms with E-state index < -0.39 is 0 Å². The summed E-state index contributed by atoms with van der Waals surface area (Å²) in [6.07, 6.45) is 1.37. The number of benzene rings is 1. The van der Waals surface area contributed by atoms with Gasteiger partial charge in [0.1, 0.15) is 5.75 Å². The molecule has 100 valence electrons. The van der Waals surface area contributed by atoms with E-state index in [1.807, 2.05) is 24.3 Å². The van der Waals surface area contributed by atoms with Crippen molar-refractivity contribution < 1.29 is 9.53 Å². The highest BCUT2D eigenvalue weighted by molar-refractivity contribution is 5.73. The minimum Gasteiger partial charge on any atom is -0.494 e. The van der Waals surface area contributed by atoms with Crippen molar-refractivity contribution >= 4 is 5.91 Å². The van der Waals surface area contributed by atoms with Crippen molar-refractivity contribution in [3.63, 3.8) is 0 Å². The topological polar surface area (TPSA) is 64.3 Å². The number of carbonyl (C=O) groups excluding carboxylic acids is 1. The highest BCUT2D eigenvalue weighted by atomic mass is 16.5. The first-order valence-corrected chi connectivity index (χ1v) is 6.38. The van der Waals surface area contributed by atoms with Crippen LogP contribution in [0.15, 0.2) is 24.3 Å². The van der Waals surface area contributed by atoms with E-state index in [1.165, 1.54) is 5.56 Å². The average Bonchev–Trinajstić information content (AvgIpc) is 2.36. The summed E-state index contributed by atoms with van der Waals surface area (Å²) in [5.74, 6) is 0.614. The minimum absolute atomic E-state index is 0.199. The summed E-state index contributed by atoms with van der Waals surface area (Å²) in [6, 6.07) is 8.21. The van der Waals surface area contributed by atoms with Gasteiger partial charge in [0.05, 0.1) is 6.61 Å². The first kappa shape index (κ1) is 14.5. The summed E-state index contributed by atoms with van der Waals surface area (Å²) in [7, 11) is 0. The Bertz CT molecular complexity index is 363. The molecule has 3 N–H and O–H groups in total. The van der Waals surface area contributed by atoms with E-state index in [0.717, 1.165) is 18.8 Å². The van der Waals surface area contributed by atoms with Crippen LogP contribution in [0.3, 0.4) is 0 Å². The van der Waals surface area contributed by atoms with Crippen LogP contribution in [-0.2, 0) is 4.79 Å². The lowest BCUT2D eigenvalue weighted by molar-refractivity contribution is -0.117. The van der Waals surface area contributed by atoms with Gasteiger partial charge < -0.3 is 15.8 Å². The molecule has 1 unspecified atom stereocenters. The van der Waals surface area contributed by atoms with Crippen molar-refractivity contribution in [1.29, 1.82) is 0 Å². The Morgan fingerprint density at radius 2 is 2.06 bits per heavy atom. The third kappa shape index (κ3) is 5.19. The normalized spacial score (nSPS) is 12.1. The monoisotopic (exact) mass is 250 g/mol. The molecule has 0 radical (unpaired) electrons. The largest absolute Gasteiger partial charge is 0.494 e.